The minimum absolute atomic E-state index is 0.0608. The molecule has 20 heavy (non-hydrogen) atoms. The van der Waals surface area contributed by atoms with Crippen molar-refractivity contribution in [1.82, 2.24) is 10.1 Å². The number of nitrogen functional groups attached to an aromatic ring is 1. The van der Waals surface area contributed by atoms with E-state index in [1.807, 2.05) is 0 Å². The summed E-state index contributed by atoms with van der Waals surface area (Å²) in [5.41, 5.74) is 6.49. The fourth-order valence-electron chi connectivity index (χ4n) is 1.57. The molecule has 0 aliphatic carbocycles. The van der Waals surface area contributed by atoms with Gasteiger partial charge in [-0.1, -0.05) is 12.1 Å². The molecule has 0 radical (unpaired) electrons. The van der Waals surface area contributed by atoms with E-state index in [0.29, 0.717) is 22.8 Å². The van der Waals surface area contributed by atoms with Crippen LogP contribution in [0.5, 0.6) is 0 Å². The molecule has 2 rings (SSSR count). The van der Waals surface area contributed by atoms with Crippen molar-refractivity contribution in [3.05, 3.63) is 34.1 Å². The maximum atomic E-state index is 10.8. The first-order valence-corrected chi connectivity index (χ1v) is 7.22. The molecular weight excluding hydrogens is 280 g/mol. The SMILES string of the molecule is CCCSCc1noc(-c2cc([N+](=O)[O-])ccc2N)n1. The summed E-state index contributed by atoms with van der Waals surface area (Å²) >= 11 is 1.70. The third kappa shape index (κ3) is 3.27. The van der Waals surface area contributed by atoms with Gasteiger partial charge < -0.3 is 10.3 Å². The van der Waals surface area contributed by atoms with Gasteiger partial charge in [-0.15, -0.1) is 0 Å². The monoisotopic (exact) mass is 294 g/mol. The summed E-state index contributed by atoms with van der Waals surface area (Å²) in [5.74, 6) is 2.43. The third-order valence-corrected chi connectivity index (χ3v) is 3.69. The van der Waals surface area contributed by atoms with Gasteiger partial charge in [0.2, 0.25) is 0 Å². The maximum Gasteiger partial charge on any atom is 0.270 e. The van der Waals surface area contributed by atoms with Gasteiger partial charge in [0, 0.05) is 17.8 Å². The Kier molecular flexibility index (Phi) is 4.57. The van der Waals surface area contributed by atoms with Crippen LogP contribution in [0.1, 0.15) is 19.2 Å². The molecule has 2 aromatic rings. The Morgan fingerprint density at radius 1 is 1.50 bits per heavy atom. The Hall–Kier alpha value is -2.09. The zero-order chi connectivity index (χ0) is 14.5. The first kappa shape index (κ1) is 14.3. The highest BCUT2D eigenvalue weighted by atomic mass is 32.2. The number of anilines is 1. The number of aromatic nitrogens is 2. The van der Waals surface area contributed by atoms with Crippen LogP contribution in [0.4, 0.5) is 11.4 Å². The Morgan fingerprint density at radius 2 is 2.30 bits per heavy atom. The summed E-state index contributed by atoms with van der Waals surface area (Å²) in [6, 6.07) is 4.14. The fraction of sp³-hybridized carbons (Fsp3) is 0.333. The normalized spacial score (nSPS) is 10.7. The van der Waals surface area contributed by atoms with E-state index in [-0.39, 0.29) is 11.6 Å². The minimum atomic E-state index is -0.489. The fourth-order valence-corrected chi connectivity index (χ4v) is 2.31. The summed E-state index contributed by atoms with van der Waals surface area (Å²) in [6.45, 7) is 2.10. The molecule has 0 saturated carbocycles. The number of nitro groups is 1. The molecule has 0 spiro atoms. The number of benzene rings is 1. The molecule has 0 amide bonds. The molecule has 1 aromatic carbocycles. The van der Waals surface area contributed by atoms with E-state index in [0.717, 1.165) is 12.2 Å². The Bertz CT molecular complexity index is 614. The molecular formula is C12H14N4O3S. The summed E-state index contributed by atoms with van der Waals surface area (Å²) in [5, 5.41) is 14.6. The first-order chi connectivity index (χ1) is 9.61. The van der Waals surface area contributed by atoms with Crippen molar-refractivity contribution in [2.75, 3.05) is 11.5 Å². The van der Waals surface area contributed by atoms with Crippen LogP contribution in [0, 0.1) is 10.1 Å². The molecule has 0 aliphatic rings. The highest BCUT2D eigenvalue weighted by Gasteiger charge is 2.16. The third-order valence-electron chi connectivity index (χ3n) is 2.53. The number of non-ortho nitro benzene ring substituents is 1. The molecule has 2 N–H and O–H groups in total. The lowest BCUT2D eigenvalue weighted by atomic mass is 10.1. The summed E-state index contributed by atoms with van der Waals surface area (Å²) in [7, 11) is 0. The van der Waals surface area contributed by atoms with E-state index in [1.165, 1.54) is 18.2 Å². The Balaban J connectivity index is 2.23. The lowest BCUT2D eigenvalue weighted by molar-refractivity contribution is -0.384. The predicted molar refractivity (Wildman–Crippen MR) is 77.3 cm³/mol. The van der Waals surface area contributed by atoms with E-state index in [1.54, 1.807) is 11.8 Å². The van der Waals surface area contributed by atoms with E-state index < -0.39 is 4.92 Å². The van der Waals surface area contributed by atoms with Crippen LogP contribution < -0.4 is 5.73 Å². The highest BCUT2D eigenvalue weighted by Crippen LogP contribution is 2.28. The van der Waals surface area contributed by atoms with Crippen molar-refractivity contribution >= 4 is 23.1 Å². The van der Waals surface area contributed by atoms with Crippen LogP contribution in [0.3, 0.4) is 0 Å². The summed E-state index contributed by atoms with van der Waals surface area (Å²) < 4.78 is 5.12. The number of hydrogen-bond acceptors (Lipinski definition) is 7. The van der Waals surface area contributed by atoms with Gasteiger partial charge in [0.05, 0.1) is 16.2 Å². The van der Waals surface area contributed by atoms with Crippen LogP contribution >= 0.6 is 11.8 Å². The second-order valence-electron chi connectivity index (χ2n) is 4.10. The number of rotatable bonds is 6. The minimum Gasteiger partial charge on any atom is -0.398 e. The van der Waals surface area contributed by atoms with Crippen LogP contribution in [-0.4, -0.2) is 20.8 Å². The molecule has 0 bridgehead atoms. The molecule has 7 nitrogen and oxygen atoms in total. The summed E-state index contributed by atoms with van der Waals surface area (Å²) in [4.78, 5) is 14.5. The molecule has 0 unspecified atom stereocenters. The highest BCUT2D eigenvalue weighted by molar-refractivity contribution is 7.98. The second kappa shape index (κ2) is 6.38. The standard InChI is InChI=1S/C12H14N4O3S/c1-2-5-20-7-11-14-12(19-15-11)9-6-8(16(17)18)3-4-10(9)13/h3-4,6H,2,5,7,13H2,1H3. The molecule has 0 atom stereocenters. The van der Waals surface area contributed by atoms with Gasteiger partial charge in [-0.2, -0.15) is 16.7 Å². The molecule has 1 heterocycles. The maximum absolute atomic E-state index is 10.8. The van der Waals surface area contributed by atoms with E-state index >= 15 is 0 Å². The van der Waals surface area contributed by atoms with Gasteiger partial charge in [0.15, 0.2) is 5.82 Å². The molecule has 1 aromatic heterocycles. The van der Waals surface area contributed by atoms with Crippen LogP contribution in [-0.2, 0) is 5.75 Å². The van der Waals surface area contributed by atoms with Crippen molar-refractivity contribution in [1.29, 1.82) is 0 Å². The van der Waals surface area contributed by atoms with E-state index in [4.69, 9.17) is 10.3 Å². The van der Waals surface area contributed by atoms with Crippen LogP contribution in [0.2, 0.25) is 0 Å². The lowest BCUT2D eigenvalue weighted by Gasteiger charge is -1.99. The quantitative estimate of drug-likeness (QED) is 0.377. The lowest BCUT2D eigenvalue weighted by Crippen LogP contribution is -1.94. The van der Waals surface area contributed by atoms with Crippen LogP contribution in [0.15, 0.2) is 22.7 Å². The molecule has 0 aliphatic heterocycles. The second-order valence-corrected chi connectivity index (χ2v) is 5.20. The zero-order valence-corrected chi connectivity index (χ0v) is 11.7. The topological polar surface area (TPSA) is 108 Å². The van der Waals surface area contributed by atoms with Crippen molar-refractivity contribution in [2.45, 2.75) is 19.1 Å². The zero-order valence-electron chi connectivity index (χ0n) is 10.9. The number of nitrogens with two attached hydrogens (primary N) is 1. The van der Waals surface area contributed by atoms with Crippen LogP contribution in [0.25, 0.3) is 11.5 Å². The van der Waals surface area contributed by atoms with Crippen molar-refractivity contribution in [2.24, 2.45) is 0 Å². The van der Waals surface area contributed by atoms with Gasteiger partial charge in [-0.25, -0.2) is 0 Å². The number of thioether (sulfide) groups is 1. The first-order valence-electron chi connectivity index (χ1n) is 6.06. The van der Waals surface area contributed by atoms with E-state index in [2.05, 4.69) is 17.1 Å². The number of nitrogens with zero attached hydrogens (tertiary/aromatic N) is 3. The number of hydrogen-bond donors (Lipinski definition) is 1. The molecule has 8 heteroatoms. The Morgan fingerprint density at radius 3 is 3.00 bits per heavy atom. The Labute approximate surface area is 119 Å². The van der Waals surface area contributed by atoms with Gasteiger partial charge in [-0.3, -0.25) is 10.1 Å². The van der Waals surface area contributed by atoms with Gasteiger partial charge in [0.1, 0.15) is 0 Å². The molecule has 0 saturated heterocycles. The smallest absolute Gasteiger partial charge is 0.270 e. The van der Waals surface area contributed by atoms with Crippen molar-refractivity contribution in [3.8, 4) is 11.5 Å². The molecule has 0 fully saturated rings. The number of nitro benzene ring substituents is 1. The largest absolute Gasteiger partial charge is 0.398 e. The van der Waals surface area contributed by atoms with Crippen molar-refractivity contribution in [3.63, 3.8) is 0 Å². The van der Waals surface area contributed by atoms with Gasteiger partial charge in [0.25, 0.3) is 11.6 Å². The van der Waals surface area contributed by atoms with Gasteiger partial charge in [-0.05, 0) is 18.2 Å². The van der Waals surface area contributed by atoms with E-state index in [9.17, 15) is 10.1 Å². The van der Waals surface area contributed by atoms with Crippen molar-refractivity contribution < 1.29 is 9.45 Å². The van der Waals surface area contributed by atoms with Gasteiger partial charge >= 0.3 is 0 Å². The summed E-state index contributed by atoms with van der Waals surface area (Å²) in [6.07, 6.45) is 1.08. The average Bonchev–Trinajstić information content (AvgIpc) is 2.88. The predicted octanol–water partition coefficient (Wildman–Crippen LogP) is 2.87. The molecule has 106 valence electrons. The average molecular weight is 294 g/mol.